The standard InChI is InChI=1S/C17H18N2O4/c1-23-14-9-7-13(8-10-14)18-17(22)19-15(11-16(20)21)12-5-3-2-4-6-12/h2-10,15H,11H2,1H3,(H,20,21)(H2,18,19,22). The first-order chi connectivity index (χ1) is 11.1. The third-order valence-electron chi connectivity index (χ3n) is 3.23. The van der Waals surface area contributed by atoms with Crippen molar-refractivity contribution in [2.75, 3.05) is 12.4 Å². The Morgan fingerprint density at radius 3 is 2.30 bits per heavy atom. The van der Waals surface area contributed by atoms with E-state index in [-0.39, 0.29) is 6.42 Å². The van der Waals surface area contributed by atoms with Gasteiger partial charge in [0.2, 0.25) is 0 Å². The fourth-order valence-corrected chi connectivity index (χ4v) is 2.11. The van der Waals surface area contributed by atoms with Crippen molar-refractivity contribution in [3.05, 3.63) is 60.2 Å². The molecular weight excluding hydrogens is 296 g/mol. The summed E-state index contributed by atoms with van der Waals surface area (Å²) in [5, 5.41) is 14.4. The molecule has 2 amide bonds. The topological polar surface area (TPSA) is 87.7 Å². The highest BCUT2D eigenvalue weighted by Gasteiger charge is 2.17. The van der Waals surface area contributed by atoms with E-state index in [1.807, 2.05) is 6.07 Å². The fraction of sp³-hybridized carbons (Fsp3) is 0.176. The Balaban J connectivity index is 2.03. The summed E-state index contributed by atoms with van der Waals surface area (Å²) < 4.78 is 5.05. The molecule has 0 heterocycles. The van der Waals surface area contributed by atoms with Crippen molar-refractivity contribution < 1.29 is 19.4 Å². The van der Waals surface area contributed by atoms with Gasteiger partial charge < -0.3 is 20.5 Å². The summed E-state index contributed by atoms with van der Waals surface area (Å²) in [6.45, 7) is 0. The smallest absolute Gasteiger partial charge is 0.319 e. The first kappa shape index (κ1) is 16.4. The number of carboxylic acid groups (broad SMARTS) is 1. The third kappa shape index (κ3) is 5.03. The number of anilines is 1. The maximum absolute atomic E-state index is 12.1. The number of hydrogen-bond donors (Lipinski definition) is 3. The number of carboxylic acids is 1. The Labute approximate surface area is 134 Å². The van der Waals surface area contributed by atoms with Gasteiger partial charge in [-0.2, -0.15) is 0 Å². The molecule has 0 bridgehead atoms. The van der Waals surface area contributed by atoms with Crippen LogP contribution in [0.2, 0.25) is 0 Å². The molecule has 6 nitrogen and oxygen atoms in total. The predicted octanol–water partition coefficient (Wildman–Crippen LogP) is 3.03. The quantitative estimate of drug-likeness (QED) is 0.765. The average Bonchev–Trinajstić information content (AvgIpc) is 2.55. The maximum Gasteiger partial charge on any atom is 0.319 e. The molecule has 6 heteroatoms. The van der Waals surface area contributed by atoms with Crippen molar-refractivity contribution in [1.82, 2.24) is 5.32 Å². The zero-order chi connectivity index (χ0) is 16.7. The molecule has 0 aromatic heterocycles. The summed E-state index contributed by atoms with van der Waals surface area (Å²) in [4.78, 5) is 23.1. The molecule has 0 fully saturated rings. The van der Waals surface area contributed by atoms with Crippen LogP contribution in [0.3, 0.4) is 0 Å². The number of carbonyl (C=O) groups excluding carboxylic acids is 1. The van der Waals surface area contributed by atoms with Crippen LogP contribution < -0.4 is 15.4 Å². The summed E-state index contributed by atoms with van der Waals surface area (Å²) in [6.07, 6.45) is -0.194. The maximum atomic E-state index is 12.1. The lowest BCUT2D eigenvalue weighted by Crippen LogP contribution is -2.33. The van der Waals surface area contributed by atoms with Crippen LogP contribution in [0.1, 0.15) is 18.0 Å². The molecule has 1 unspecified atom stereocenters. The first-order valence-corrected chi connectivity index (χ1v) is 7.07. The molecule has 2 aromatic rings. The lowest BCUT2D eigenvalue weighted by atomic mass is 10.0. The number of methoxy groups -OCH3 is 1. The Hall–Kier alpha value is -3.02. The Kier molecular flexibility index (Phi) is 5.57. The highest BCUT2D eigenvalue weighted by Crippen LogP contribution is 2.18. The van der Waals surface area contributed by atoms with E-state index in [0.29, 0.717) is 11.4 Å². The highest BCUT2D eigenvalue weighted by atomic mass is 16.5. The Morgan fingerprint density at radius 2 is 1.74 bits per heavy atom. The number of nitrogens with one attached hydrogen (secondary N) is 2. The number of rotatable bonds is 6. The molecule has 0 aliphatic carbocycles. The van der Waals surface area contributed by atoms with Crippen LogP contribution in [0.5, 0.6) is 5.75 Å². The molecule has 3 N–H and O–H groups in total. The van der Waals surface area contributed by atoms with Crippen LogP contribution in [0, 0.1) is 0 Å². The second kappa shape index (κ2) is 7.84. The molecule has 1 atom stereocenters. The molecule has 0 aliphatic heterocycles. The monoisotopic (exact) mass is 314 g/mol. The molecule has 120 valence electrons. The van der Waals surface area contributed by atoms with E-state index < -0.39 is 18.0 Å². The normalized spacial score (nSPS) is 11.3. The van der Waals surface area contributed by atoms with E-state index in [1.165, 1.54) is 0 Å². The van der Waals surface area contributed by atoms with Gasteiger partial charge in [-0.25, -0.2) is 4.79 Å². The minimum atomic E-state index is -0.983. The van der Waals surface area contributed by atoms with E-state index in [2.05, 4.69) is 10.6 Å². The van der Waals surface area contributed by atoms with Gasteiger partial charge >= 0.3 is 12.0 Å². The van der Waals surface area contributed by atoms with Gasteiger partial charge in [0, 0.05) is 5.69 Å². The van der Waals surface area contributed by atoms with Gasteiger partial charge in [-0.05, 0) is 29.8 Å². The largest absolute Gasteiger partial charge is 0.497 e. The van der Waals surface area contributed by atoms with Gasteiger partial charge in [0.25, 0.3) is 0 Å². The molecule has 0 saturated carbocycles. The van der Waals surface area contributed by atoms with Crippen molar-refractivity contribution in [1.29, 1.82) is 0 Å². The number of aliphatic carboxylic acids is 1. The zero-order valence-corrected chi connectivity index (χ0v) is 12.7. The van der Waals surface area contributed by atoms with Crippen LogP contribution in [0.15, 0.2) is 54.6 Å². The van der Waals surface area contributed by atoms with Gasteiger partial charge in [-0.3, -0.25) is 4.79 Å². The summed E-state index contributed by atoms with van der Waals surface area (Å²) in [7, 11) is 1.56. The molecule has 0 saturated heterocycles. The Bertz CT molecular complexity index is 656. The average molecular weight is 314 g/mol. The van der Waals surface area contributed by atoms with E-state index >= 15 is 0 Å². The number of ether oxygens (including phenoxy) is 1. The molecule has 23 heavy (non-hydrogen) atoms. The SMILES string of the molecule is COc1ccc(NC(=O)NC(CC(=O)O)c2ccccc2)cc1. The van der Waals surface area contributed by atoms with Crippen molar-refractivity contribution >= 4 is 17.7 Å². The number of amides is 2. The summed E-state index contributed by atoms with van der Waals surface area (Å²) in [5.41, 5.74) is 1.32. The number of urea groups is 1. The molecule has 0 spiro atoms. The molecule has 0 radical (unpaired) electrons. The van der Waals surface area contributed by atoms with Crippen LogP contribution in [-0.2, 0) is 4.79 Å². The molecule has 2 rings (SSSR count). The zero-order valence-electron chi connectivity index (χ0n) is 12.7. The minimum absolute atomic E-state index is 0.194. The summed E-state index contributed by atoms with van der Waals surface area (Å²) >= 11 is 0. The van der Waals surface area contributed by atoms with Crippen LogP contribution in [-0.4, -0.2) is 24.2 Å². The third-order valence-corrected chi connectivity index (χ3v) is 3.23. The van der Waals surface area contributed by atoms with E-state index in [4.69, 9.17) is 9.84 Å². The van der Waals surface area contributed by atoms with Crippen LogP contribution in [0.4, 0.5) is 10.5 Å². The van der Waals surface area contributed by atoms with Gasteiger partial charge in [-0.1, -0.05) is 30.3 Å². The van der Waals surface area contributed by atoms with E-state index in [0.717, 1.165) is 5.56 Å². The number of hydrogen-bond acceptors (Lipinski definition) is 3. The van der Waals surface area contributed by atoms with Crippen molar-refractivity contribution in [3.8, 4) is 5.75 Å². The summed E-state index contributed by atoms with van der Waals surface area (Å²) in [5.74, 6) is -0.299. The van der Waals surface area contributed by atoms with Gasteiger partial charge in [0.1, 0.15) is 5.75 Å². The predicted molar refractivity (Wildman–Crippen MR) is 86.6 cm³/mol. The van der Waals surface area contributed by atoms with Crippen molar-refractivity contribution in [3.63, 3.8) is 0 Å². The van der Waals surface area contributed by atoms with E-state index in [1.54, 1.807) is 55.6 Å². The molecular formula is C17H18N2O4. The fourth-order valence-electron chi connectivity index (χ4n) is 2.11. The lowest BCUT2D eigenvalue weighted by Gasteiger charge is -2.18. The van der Waals surface area contributed by atoms with Crippen LogP contribution >= 0.6 is 0 Å². The van der Waals surface area contributed by atoms with Crippen molar-refractivity contribution in [2.24, 2.45) is 0 Å². The van der Waals surface area contributed by atoms with Gasteiger partial charge in [0.05, 0.1) is 19.6 Å². The van der Waals surface area contributed by atoms with Crippen LogP contribution in [0.25, 0.3) is 0 Å². The second-order valence-electron chi connectivity index (χ2n) is 4.89. The molecule has 2 aromatic carbocycles. The second-order valence-corrected chi connectivity index (χ2v) is 4.89. The highest BCUT2D eigenvalue weighted by molar-refractivity contribution is 5.89. The first-order valence-electron chi connectivity index (χ1n) is 7.07. The Morgan fingerprint density at radius 1 is 1.09 bits per heavy atom. The van der Waals surface area contributed by atoms with Gasteiger partial charge in [0.15, 0.2) is 0 Å². The lowest BCUT2D eigenvalue weighted by molar-refractivity contribution is -0.137. The number of carbonyl (C=O) groups is 2. The minimum Gasteiger partial charge on any atom is -0.497 e. The summed E-state index contributed by atoms with van der Waals surface area (Å²) in [6, 6.07) is 14.8. The molecule has 0 aliphatic rings. The van der Waals surface area contributed by atoms with E-state index in [9.17, 15) is 9.59 Å². The van der Waals surface area contributed by atoms with Gasteiger partial charge in [-0.15, -0.1) is 0 Å². The van der Waals surface area contributed by atoms with Crippen molar-refractivity contribution in [2.45, 2.75) is 12.5 Å². The number of benzene rings is 2.